The topological polar surface area (TPSA) is 53.6 Å². The summed E-state index contributed by atoms with van der Waals surface area (Å²) in [5, 5.41) is 3.18. The molecule has 1 aromatic carbocycles. The lowest BCUT2D eigenvalue weighted by atomic mass is 9.90. The van der Waals surface area contributed by atoms with Crippen LogP contribution < -0.4 is 11.1 Å². The minimum Gasteiger partial charge on any atom is -0.370 e. The van der Waals surface area contributed by atoms with E-state index in [4.69, 9.17) is 5.73 Å². The second-order valence-corrected chi connectivity index (χ2v) is 7.01. The first-order valence-electron chi connectivity index (χ1n) is 8.87. The second-order valence-electron chi connectivity index (χ2n) is 7.01. The van der Waals surface area contributed by atoms with E-state index in [1.54, 1.807) is 0 Å². The molecule has 1 atom stereocenters. The normalized spacial score (nSPS) is 22.0. The Morgan fingerprint density at radius 1 is 1.28 bits per heavy atom. The molecule has 25 heavy (non-hydrogen) atoms. The fraction of sp³-hybridized carbons (Fsp3) is 0.611. The zero-order valence-corrected chi connectivity index (χ0v) is 14.3. The largest absolute Gasteiger partial charge is 0.401 e. The summed E-state index contributed by atoms with van der Waals surface area (Å²) in [5.74, 6) is 0.473. The SMILES string of the molecule is NC(=NCC1CCN(CC(F)(F)F)C1)Nc1cccc2c1CCCC2. The van der Waals surface area contributed by atoms with Crippen molar-refractivity contribution in [3.63, 3.8) is 0 Å². The molecule has 0 saturated carbocycles. The lowest BCUT2D eigenvalue weighted by molar-refractivity contribution is -0.143. The van der Waals surface area contributed by atoms with Crippen LogP contribution in [0.5, 0.6) is 0 Å². The van der Waals surface area contributed by atoms with Crippen LogP contribution in [0.15, 0.2) is 23.2 Å². The Hall–Kier alpha value is -1.76. The van der Waals surface area contributed by atoms with Crippen molar-refractivity contribution >= 4 is 11.6 Å². The molecule has 7 heteroatoms. The van der Waals surface area contributed by atoms with Crippen LogP contribution in [0.25, 0.3) is 0 Å². The van der Waals surface area contributed by atoms with E-state index in [1.807, 2.05) is 12.1 Å². The Morgan fingerprint density at radius 2 is 2.08 bits per heavy atom. The molecule has 0 amide bonds. The first kappa shape index (κ1) is 18.0. The summed E-state index contributed by atoms with van der Waals surface area (Å²) in [6, 6.07) is 6.18. The fourth-order valence-electron chi connectivity index (χ4n) is 3.76. The minimum absolute atomic E-state index is 0.132. The Morgan fingerprint density at radius 3 is 2.88 bits per heavy atom. The number of nitrogens with two attached hydrogens (primary N) is 1. The van der Waals surface area contributed by atoms with E-state index in [0.29, 0.717) is 25.6 Å². The molecular formula is C18H25F3N4. The van der Waals surface area contributed by atoms with Gasteiger partial charge in [-0.25, -0.2) is 0 Å². The molecule has 1 aliphatic carbocycles. The van der Waals surface area contributed by atoms with Gasteiger partial charge < -0.3 is 11.1 Å². The molecule has 0 radical (unpaired) electrons. The third-order valence-corrected chi connectivity index (χ3v) is 4.95. The summed E-state index contributed by atoms with van der Waals surface area (Å²) in [5.41, 5.74) is 9.67. The quantitative estimate of drug-likeness (QED) is 0.645. The number of rotatable bonds is 4. The molecule has 138 valence electrons. The number of aryl methyl sites for hydroxylation is 1. The zero-order valence-electron chi connectivity index (χ0n) is 14.3. The van der Waals surface area contributed by atoms with Gasteiger partial charge in [0, 0.05) is 18.8 Å². The molecule has 3 rings (SSSR count). The van der Waals surface area contributed by atoms with Gasteiger partial charge in [0.2, 0.25) is 0 Å². The van der Waals surface area contributed by atoms with Crippen LogP contribution in [-0.2, 0) is 12.8 Å². The van der Waals surface area contributed by atoms with Crippen molar-refractivity contribution < 1.29 is 13.2 Å². The van der Waals surface area contributed by atoms with E-state index < -0.39 is 12.7 Å². The first-order valence-corrected chi connectivity index (χ1v) is 8.87. The summed E-state index contributed by atoms with van der Waals surface area (Å²) >= 11 is 0. The number of alkyl halides is 3. The molecule has 1 heterocycles. The van der Waals surface area contributed by atoms with Crippen molar-refractivity contribution in [2.24, 2.45) is 16.6 Å². The predicted molar refractivity (Wildman–Crippen MR) is 93.8 cm³/mol. The van der Waals surface area contributed by atoms with E-state index in [1.165, 1.54) is 28.9 Å². The summed E-state index contributed by atoms with van der Waals surface area (Å²) in [4.78, 5) is 5.80. The van der Waals surface area contributed by atoms with Crippen LogP contribution in [0.2, 0.25) is 0 Å². The van der Waals surface area contributed by atoms with Crippen molar-refractivity contribution in [2.45, 2.75) is 38.3 Å². The summed E-state index contributed by atoms with van der Waals surface area (Å²) in [6.07, 6.45) is 1.13. The highest BCUT2D eigenvalue weighted by Gasteiger charge is 2.34. The maximum absolute atomic E-state index is 12.4. The van der Waals surface area contributed by atoms with Crippen molar-refractivity contribution in [1.82, 2.24) is 4.90 Å². The van der Waals surface area contributed by atoms with Gasteiger partial charge in [0.25, 0.3) is 0 Å². The first-order chi connectivity index (χ1) is 11.9. The standard InChI is InChI=1S/C18H25F3N4/c19-18(20,21)12-25-9-8-13(11-25)10-23-17(22)24-16-7-3-5-14-4-1-2-6-15(14)16/h3,5,7,13H,1-2,4,6,8-12H2,(H3,22,23,24). The van der Waals surface area contributed by atoms with Gasteiger partial charge in [-0.3, -0.25) is 9.89 Å². The summed E-state index contributed by atoms with van der Waals surface area (Å²) < 4.78 is 37.3. The number of hydrogen-bond acceptors (Lipinski definition) is 2. The molecule has 4 nitrogen and oxygen atoms in total. The van der Waals surface area contributed by atoms with Crippen LogP contribution in [0, 0.1) is 5.92 Å². The number of hydrogen-bond donors (Lipinski definition) is 2. The van der Waals surface area contributed by atoms with Crippen LogP contribution in [-0.4, -0.2) is 43.2 Å². The van der Waals surface area contributed by atoms with Gasteiger partial charge in [-0.1, -0.05) is 12.1 Å². The van der Waals surface area contributed by atoms with Crippen LogP contribution in [0.3, 0.4) is 0 Å². The van der Waals surface area contributed by atoms with Gasteiger partial charge in [-0.15, -0.1) is 0 Å². The second kappa shape index (κ2) is 7.64. The smallest absolute Gasteiger partial charge is 0.370 e. The van der Waals surface area contributed by atoms with Gasteiger partial charge in [0.15, 0.2) is 5.96 Å². The number of benzene rings is 1. The fourth-order valence-corrected chi connectivity index (χ4v) is 3.76. The molecule has 1 fully saturated rings. The molecule has 1 aromatic rings. The highest BCUT2D eigenvalue weighted by molar-refractivity contribution is 5.93. The lowest BCUT2D eigenvalue weighted by Crippen LogP contribution is -2.32. The molecular weight excluding hydrogens is 329 g/mol. The highest BCUT2D eigenvalue weighted by Crippen LogP contribution is 2.28. The van der Waals surface area contributed by atoms with Crippen LogP contribution in [0.1, 0.15) is 30.4 Å². The summed E-state index contributed by atoms with van der Waals surface area (Å²) in [6.45, 7) is 0.523. The number of guanidine groups is 1. The maximum atomic E-state index is 12.4. The number of likely N-dealkylation sites (tertiary alicyclic amines) is 1. The van der Waals surface area contributed by atoms with Crippen LogP contribution >= 0.6 is 0 Å². The van der Waals surface area contributed by atoms with Gasteiger partial charge in [0.1, 0.15) is 0 Å². The number of aliphatic imine (C=N–C) groups is 1. The van der Waals surface area contributed by atoms with Crippen molar-refractivity contribution in [1.29, 1.82) is 0 Å². The number of fused-ring (bicyclic) bond motifs is 1. The van der Waals surface area contributed by atoms with Crippen molar-refractivity contribution in [3.8, 4) is 0 Å². The maximum Gasteiger partial charge on any atom is 0.401 e. The minimum atomic E-state index is -4.13. The lowest BCUT2D eigenvalue weighted by Gasteiger charge is -2.20. The number of nitrogens with zero attached hydrogens (tertiary/aromatic N) is 2. The summed E-state index contributed by atoms with van der Waals surface area (Å²) in [7, 11) is 0. The van der Waals surface area contributed by atoms with E-state index >= 15 is 0 Å². The number of nitrogens with one attached hydrogen (secondary N) is 1. The van der Waals surface area contributed by atoms with Gasteiger partial charge in [0.05, 0.1) is 6.54 Å². The average Bonchev–Trinajstić information content (AvgIpc) is 2.99. The average molecular weight is 354 g/mol. The molecule has 1 saturated heterocycles. The van der Waals surface area contributed by atoms with E-state index in [9.17, 15) is 13.2 Å². The Bertz CT molecular complexity index is 627. The molecule has 2 aliphatic rings. The Labute approximate surface area is 146 Å². The third-order valence-electron chi connectivity index (χ3n) is 4.95. The van der Waals surface area contributed by atoms with Gasteiger partial charge in [-0.2, -0.15) is 13.2 Å². The molecule has 1 unspecified atom stereocenters. The van der Waals surface area contributed by atoms with Crippen LogP contribution in [0.4, 0.5) is 18.9 Å². The molecule has 3 N–H and O–H groups in total. The number of anilines is 1. The number of halogens is 3. The monoisotopic (exact) mass is 354 g/mol. The van der Waals surface area contributed by atoms with Crippen molar-refractivity contribution in [2.75, 3.05) is 31.5 Å². The molecule has 0 aromatic heterocycles. The third kappa shape index (κ3) is 5.11. The van der Waals surface area contributed by atoms with Crippen molar-refractivity contribution in [3.05, 3.63) is 29.3 Å². The zero-order chi connectivity index (χ0) is 17.9. The van der Waals surface area contributed by atoms with Gasteiger partial charge >= 0.3 is 6.18 Å². The van der Waals surface area contributed by atoms with E-state index in [2.05, 4.69) is 16.4 Å². The predicted octanol–water partition coefficient (Wildman–Crippen LogP) is 3.18. The van der Waals surface area contributed by atoms with E-state index in [0.717, 1.165) is 24.9 Å². The van der Waals surface area contributed by atoms with Gasteiger partial charge in [-0.05, 0) is 61.8 Å². The van der Waals surface area contributed by atoms with E-state index in [-0.39, 0.29) is 5.92 Å². The molecule has 0 spiro atoms. The molecule has 1 aliphatic heterocycles. The Kier molecular flexibility index (Phi) is 5.51. The Balaban J connectivity index is 1.53. The molecule has 0 bridgehead atoms. The highest BCUT2D eigenvalue weighted by atomic mass is 19.4.